The number of halogens is 4. The topological polar surface area (TPSA) is 9.23 Å². The summed E-state index contributed by atoms with van der Waals surface area (Å²) in [6.07, 6.45) is 17.3. The highest BCUT2D eigenvalue weighted by Gasteiger charge is 2.27. The molecule has 43 heavy (non-hydrogen) atoms. The van der Waals surface area contributed by atoms with Gasteiger partial charge in [0.1, 0.15) is 0 Å². The Kier molecular flexibility index (Phi) is 12.9. The van der Waals surface area contributed by atoms with Crippen molar-refractivity contribution < 1.29 is 22.3 Å². The van der Waals surface area contributed by atoms with Crippen LogP contribution >= 0.6 is 0 Å². The molecule has 0 aliphatic carbocycles. The maximum atomic E-state index is 15.3. The third-order valence-electron chi connectivity index (χ3n) is 8.67. The van der Waals surface area contributed by atoms with Crippen molar-refractivity contribution in [1.82, 2.24) is 0 Å². The molecular formula is C38H46F4O. The third-order valence-corrected chi connectivity index (χ3v) is 8.67. The SMILES string of the molecule is CCCC=CCc1ccc(-c2ccc(-c3ccc(C4CCC(CCCCCCCCC)CO4)c(F)c3F)cc2)c(F)c1F. The molecule has 1 nitrogen and oxygen atoms in total. The Morgan fingerprint density at radius 2 is 1.28 bits per heavy atom. The molecule has 2 atom stereocenters. The van der Waals surface area contributed by atoms with Gasteiger partial charge in [-0.3, -0.25) is 0 Å². The quantitative estimate of drug-likeness (QED) is 0.0966. The number of hydrogen-bond acceptors (Lipinski definition) is 1. The summed E-state index contributed by atoms with van der Waals surface area (Å²) >= 11 is 0. The summed E-state index contributed by atoms with van der Waals surface area (Å²) in [5.41, 5.74) is 1.74. The van der Waals surface area contributed by atoms with Crippen LogP contribution in [0.4, 0.5) is 17.6 Å². The lowest BCUT2D eigenvalue weighted by Gasteiger charge is -2.30. The number of benzene rings is 3. The zero-order valence-corrected chi connectivity index (χ0v) is 25.7. The van der Waals surface area contributed by atoms with Crippen molar-refractivity contribution in [3.8, 4) is 22.3 Å². The lowest BCUT2D eigenvalue weighted by Crippen LogP contribution is -2.21. The molecule has 4 rings (SSSR count). The molecule has 1 heterocycles. The van der Waals surface area contributed by atoms with E-state index in [0.29, 0.717) is 42.1 Å². The Bertz CT molecular complexity index is 1320. The van der Waals surface area contributed by atoms with Crippen LogP contribution in [-0.4, -0.2) is 6.61 Å². The highest BCUT2D eigenvalue weighted by atomic mass is 19.2. The molecule has 2 unspecified atom stereocenters. The Morgan fingerprint density at radius 3 is 1.91 bits per heavy atom. The standard InChI is InChI=1S/C38H46F4O/c1-3-5-7-9-10-11-12-14-27-16-25-34(43-26-27)33-24-23-32(37(41)38(33)42)29-19-17-28(18-20-29)31-22-21-30(35(39)36(31)40)15-13-8-6-4-2/h8,13,17-24,27,34H,3-7,9-12,14-16,25-26H2,1-2H3. The normalized spacial score (nSPS) is 17.2. The Morgan fingerprint density at radius 1 is 0.651 bits per heavy atom. The third kappa shape index (κ3) is 8.81. The summed E-state index contributed by atoms with van der Waals surface area (Å²) in [5, 5.41) is 0. The van der Waals surface area contributed by atoms with Gasteiger partial charge in [-0.2, -0.15) is 0 Å². The van der Waals surface area contributed by atoms with Gasteiger partial charge in [-0.1, -0.05) is 126 Å². The van der Waals surface area contributed by atoms with Gasteiger partial charge in [-0.15, -0.1) is 0 Å². The van der Waals surface area contributed by atoms with Gasteiger partial charge in [-0.05, 0) is 54.7 Å². The average molecular weight is 595 g/mol. The van der Waals surface area contributed by atoms with Crippen molar-refractivity contribution in [2.45, 2.75) is 103 Å². The zero-order valence-electron chi connectivity index (χ0n) is 25.7. The smallest absolute Gasteiger partial charge is 0.167 e. The largest absolute Gasteiger partial charge is 0.373 e. The van der Waals surface area contributed by atoms with Crippen molar-refractivity contribution in [2.24, 2.45) is 5.92 Å². The molecule has 0 spiro atoms. The van der Waals surface area contributed by atoms with Crippen molar-refractivity contribution in [2.75, 3.05) is 6.61 Å². The summed E-state index contributed by atoms with van der Waals surface area (Å²) in [7, 11) is 0. The fourth-order valence-corrected chi connectivity index (χ4v) is 6.00. The van der Waals surface area contributed by atoms with Crippen LogP contribution in [0.3, 0.4) is 0 Å². The van der Waals surface area contributed by atoms with E-state index >= 15 is 8.78 Å². The predicted octanol–water partition coefficient (Wildman–Crippen LogP) is 12.1. The number of allylic oxidation sites excluding steroid dienone is 2. The zero-order chi connectivity index (χ0) is 30.6. The van der Waals surface area contributed by atoms with Crippen LogP contribution in [0.5, 0.6) is 0 Å². The van der Waals surface area contributed by atoms with Gasteiger partial charge in [0.05, 0.1) is 12.7 Å². The Hall–Kier alpha value is -2.92. The van der Waals surface area contributed by atoms with Gasteiger partial charge in [0.2, 0.25) is 0 Å². The van der Waals surface area contributed by atoms with E-state index in [1.165, 1.54) is 44.9 Å². The van der Waals surface area contributed by atoms with Crippen LogP contribution in [0.2, 0.25) is 0 Å². The molecule has 5 heteroatoms. The number of ether oxygens (including phenoxy) is 1. The maximum absolute atomic E-state index is 15.3. The van der Waals surface area contributed by atoms with Crippen molar-refractivity contribution in [3.05, 3.63) is 95.1 Å². The summed E-state index contributed by atoms with van der Waals surface area (Å²) in [6.45, 7) is 4.87. The maximum Gasteiger partial charge on any atom is 0.167 e. The van der Waals surface area contributed by atoms with Crippen molar-refractivity contribution in [3.63, 3.8) is 0 Å². The molecule has 1 fully saturated rings. The molecule has 3 aromatic carbocycles. The van der Waals surface area contributed by atoms with Gasteiger partial charge in [-0.25, -0.2) is 17.6 Å². The first-order valence-corrected chi connectivity index (χ1v) is 16.3. The first kappa shape index (κ1) is 33.0. The fourth-order valence-electron chi connectivity index (χ4n) is 6.00. The van der Waals surface area contributed by atoms with Crippen LogP contribution in [0.15, 0.2) is 60.7 Å². The minimum Gasteiger partial charge on any atom is -0.373 e. The van der Waals surface area contributed by atoms with E-state index in [9.17, 15) is 8.78 Å². The van der Waals surface area contributed by atoms with Gasteiger partial charge in [0.15, 0.2) is 23.3 Å². The predicted molar refractivity (Wildman–Crippen MR) is 169 cm³/mol. The fraction of sp³-hybridized carbons (Fsp3) is 0.474. The summed E-state index contributed by atoms with van der Waals surface area (Å²) < 4.78 is 66.2. The second-order valence-corrected chi connectivity index (χ2v) is 11.9. The number of rotatable bonds is 15. The molecule has 0 saturated carbocycles. The lowest BCUT2D eigenvalue weighted by molar-refractivity contribution is -0.0218. The Labute approximate surface area is 255 Å². The van der Waals surface area contributed by atoms with Crippen molar-refractivity contribution >= 4 is 0 Å². The van der Waals surface area contributed by atoms with E-state index in [4.69, 9.17) is 4.74 Å². The molecular weight excluding hydrogens is 548 g/mol. The molecule has 0 radical (unpaired) electrons. The number of hydrogen-bond donors (Lipinski definition) is 0. The minimum atomic E-state index is -0.920. The summed E-state index contributed by atoms with van der Waals surface area (Å²) in [6, 6.07) is 12.8. The van der Waals surface area contributed by atoms with Crippen LogP contribution in [0.25, 0.3) is 22.3 Å². The van der Waals surface area contributed by atoms with Gasteiger partial charge < -0.3 is 4.74 Å². The molecule has 232 valence electrons. The second kappa shape index (κ2) is 16.8. The van der Waals surface area contributed by atoms with E-state index in [-0.39, 0.29) is 16.7 Å². The van der Waals surface area contributed by atoms with E-state index < -0.39 is 29.4 Å². The average Bonchev–Trinajstić information content (AvgIpc) is 3.03. The van der Waals surface area contributed by atoms with E-state index in [1.54, 1.807) is 48.5 Å². The highest BCUT2D eigenvalue weighted by molar-refractivity contribution is 5.71. The minimum absolute atomic E-state index is 0.126. The first-order chi connectivity index (χ1) is 20.9. The van der Waals surface area contributed by atoms with Crippen LogP contribution in [0.1, 0.15) is 108 Å². The number of unbranched alkanes of at least 4 members (excludes halogenated alkanes) is 7. The van der Waals surface area contributed by atoms with Gasteiger partial charge >= 0.3 is 0 Å². The lowest BCUT2D eigenvalue weighted by atomic mass is 9.90. The molecule has 0 bridgehead atoms. The second-order valence-electron chi connectivity index (χ2n) is 11.9. The van der Waals surface area contributed by atoms with Gasteiger partial charge in [0.25, 0.3) is 0 Å². The van der Waals surface area contributed by atoms with Crippen molar-refractivity contribution in [1.29, 1.82) is 0 Å². The molecule has 0 aromatic heterocycles. The first-order valence-electron chi connectivity index (χ1n) is 16.3. The monoisotopic (exact) mass is 594 g/mol. The van der Waals surface area contributed by atoms with E-state index in [0.717, 1.165) is 25.7 Å². The van der Waals surface area contributed by atoms with Crippen LogP contribution in [-0.2, 0) is 11.2 Å². The van der Waals surface area contributed by atoms with Crippen LogP contribution < -0.4 is 0 Å². The van der Waals surface area contributed by atoms with Crippen LogP contribution in [0, 0.1) is 29.2 Å². The highest BCUT2D eigenvalue weighted by Crippen LogP contribution is 2.37. The van der Waals surface area contributed by atoms with E-state index in [1.807, 2.05) is 12.2 Å². The molecule has 0 amide bonds. The molecule has 1 saturated heterocycles. The summed E-state index contributed by atoms with van der Waals surface area (Å²) in [4.78, 5) is 0. The molecule has 3 aromatic rings. The van der Waals surface area contributed by atoms with Gasteiger partial charge in [0, 0.05) is 16.7 Å². The molecule has 0 N–H and O–H groups in total. The van der Waals surface area contributed by atoms with E-state index in [2.05, 4.69) is 13.8 Å². The molecule has 1 aliphatic rings. The summed E-state index contributed by atoms with van der Waals surface area (Å²) in [5.74, 6) is -3.09. The Balaban J connectivity index is 1.36. The molecule has 1 aliphatic heterocycles.